The highest BCUT2D eigenvalue weighted by molar-refractivity contribution is 7.93. The molecule has 2 nitrogen and oxygen atoms in total. The Labute approximate surface area is 52.1 Å². The van der Waals surface area contributed by atoms with Crippen molar-refractivity contribution in [1.82, 2.24) is 0 Å². The maximum absolute atomic E-state index is 9.00. The monoisotopic (exact) mass is 136 g/mol. The van der Waals surface area contributed by atoms with E-state index in [0.717, 1.165) is 6.92 Å². The number of carbonyl (C=O) groups is 1. The molecule has 0 atom stereocenters. The number of carboxylic acid groups (broad SMARTS) is 1. The minimum absolute atomic E-state index is 0.833. The van der Waals surface area contributed by atoms with Gasteiger partial charge in [-0.15, -0.1) is 0 Å². The summed E-state index contributed by atoms with van der Waals surface area (Å²) in [5.41, 5.74) is 0. The predicted octanol–water partition coefficient (Wildman–Crippen LogP) is 1.11. The molecule has 0 heterocycles. The van der Waals surface area contributed by atoms with Gasteiger partial charge in [0.05, 0.1) is 0 Å². The summed E-state index contributed by atoms with van der Waals surface area (Å²) in [6, 6.07) is 0. The van der Waals surface area contributed by atoms with Gasteiger partial charge in [0.25, 0.3) is 5.97 Å². The minimum atomic E-state index is -0.833. The van der Waals surface area contributed by atoms with Crippen LogP contribution >= 0.6 is 24.4 Å². The van der Waals surface area contributed by atoms with E-state index >= 15 is 0 Å². The van der Waals surface area contributed by atoms with Crippen LogP contribution in [0.2, 0.25) is 0 Å². The molecule has 0 spiro atoms. The lowest BCUT2D eigenvalue weighted by Gasteiger charge is -1.59. The zero-order chi connectivity index (χ0) is 6.28. The first-order valence-corrected chi connectivity index (χ1v) is 2.15. The Balaban J connectivity index is 0. The number of rotatable bonds is 0. The van der Waals surface area contributed by atoms with E-state index in [1.54, 1.807) is 0 Å². The Kier molecular flexibility index (Phi) is 12.9. The van der Waals surface area contributed by atoms with E-state index in [0.29, 0.717) is 0 Å². The Morgan fingerprint density at radius 3 is 1.71 bits per heavy atom. The summed E-state index contributed by atoms with van der Waals surface area (Å²) in [5, 5.41) is 7.42. The van der Waals surface area contributed by atoms with E-state index in [1.165, 1.54) is 0 Å². The zero-order valence-corrected chi connectivity index (χ0v) is 5.30. The van der Waals surface area contributed by atoms with Gasteiger partial charge in [0.2, 0.25) is 0 Å². The molecule has 7 heavy (non-hydrogen) atoms. The first-order chi connectivity index (χ1) is 3.15. The summed E-state index contributed by atoms with van der Waals surface area (Å²) in [7, 11) is 0. The van der Waals surface area contributed by atoms with E-state index in [4.69, 9.17) is 9.90 Å². The predicted molar refractivity (Wildman–Crippen MR) is 33.5 cm³/mol. The maximum Gasteiger partial charge on any atom is 0.300 e. The molecule has 0 aliphatic heterocycles. The van der Waals surface area contributed by atoms with Crippen LogP contribution in [0.4, 0.5) is 0 Å². The Hall–Kier alpha value is -0.310. The molecule has 1 N–H and O–H groups in total. The first kappa shape index (κ1) is 9.85. The second kappa shape index (κ2) is 9.19. The number of carboxylic acids is 1. The van der Waals surface area contributed by atoms with Gasteiger partial charge >= 0.3 is 0 Å². The summed E-state index contributed by atoms with van der Waals surface area (Å²) >= 11 is 7.92. The fraction of sp³-hybridized carbons (Fsp3) is 0.333. The average molecular weight is 136 g/mol. The van der Waals surface area contributed by atoms with Gasteiger partial charge in [0.15, 0.2) is 0 Å². The van der Waals surface area contributed by atoms with Gasteiger partial charge in [-0.3, -0.25) is 4.79 Å². The molecular weight excluding hydrogens is 132 g/mol. The van der Waals surface area contributed by atoms with Crippen LogP contribution in [-0.2, 0) is 4.79 Å². The van der Waals surface area contributed by atoms with E-state index in [9.17, 15) is 0 Å². The molecule has 0 bridgehead atoms. The summed E-state index contributed by atoms with van der Waals surface area (Å²) < 4.78 is 1.92. The highest BCUT2D eigenvalue weighted by Crippen LogP contribution is 1.42. The molecule has 0 aromatic carbocycles. The van der Waals surface area contributed by atoms with E-state index in [1.807, 2.05) is 4.31 Å². The quantitative estimate of drug-likeness (QED) is 0.506. The van der Waals surface area contributed by atoms with Crippen molar-refractivity contribution < 1.29 is 9.90 Å². The van der Waals surface area contributed by atoms with E-state index in [-0.39, 0.29) is 0 Å². The molecule has 0 aliphatic rings. The van der Waals surface area contributed by atoms with Gasteiger partial charge in [-0.2, -0.15) is 0 Å². The summed E-state index contributed by atoms with van der Waals surface area (Å²) in [4.78, 5) is 9.00. The lowest BCUT2D eigenvalue weighted by Crippen LogP contribution is -1.78. The SMILES string of the molecule is CC(=O)O.S=C=S. The van der Waals surface area contributed by atoms with Gasteiger partial charge in [-0.25, -0.2) is 0 Å². The van der Waals surface area contributed by atoms with Gasteiger partial charge in [-0.1, -0.05) is 0 Å². The number of thiocarbonyl (C=S) groups is 2. The van der Waals surface area contributed by atoms with Crippen LogP contribution in [0.15, 0.2) is 0 Å². The summed E-state index contributed by atoms with van der Waals surface area (Å²) in [6.45, 7) is 1.08. The number of hydrogen-bond acceptors (Lipinski definition) is 3. The third-order valence-electron chi connectivity index (χ3n) is 0. The third-order valence-corrected chi connectivity index (χ3v) is 0. The van der Waals surface area contributed by atoms with Gasteiger partial charge in [0, 0.05) is 11.2 Å². The number of aliphatic carboxylic acids is 1. The molecule has 0 unspecified atom stereocenters. The highest BCUT2D eigenvalue weighted by Gasteiger charge is 1.65. The molecule has 0 rings (SSSR count). The fourth-order valence-corrected chi connectivity index (χ4v) is 0. The van der Waals surface area contributed by atoms with Crippen molar-refractivity contribution >= 4 is 34.7 Å². The molecule has 0 radical (unpaired) electrons. The van der Waals surface area contributed by atoms with Crippen molar-refractivity contribution in [2.45, 2.75) is 6.92 Å². The summed E-state index contributed by atoms with van der Waals surface area (Å²) in [5.74, 6) is -0.833. The molecule has 0 aromatic rings. The molecule has 0 aliphatic carbocycles. The van der Waals surface area contributed by atoms with Gasteiger partial charge in [-0.05, 0) is 24.4 Å². The highest BCUT2D eigenvalue weighted by atomic mass is 32.1. The van der Waals surface area contributed by atoms with Crippen LogP contribution in [0.1, 0.15) is 6.92 Å². The van der Waals surface area contributed by atoms with E-state index in [2.05, 4.69) is 24.4 Å². The topological polar surface area (TPSA) is 37.3 Å². The molecule has 4 heteroatoms. The molecule has 0 amide bonds. The maximum atomic E-state index is 9.00. The molecule has 0 saturated carbocycles. The van der Waals surface area contributed by atoms with Crippen LogP contribution in [-0.4, -0.2) is 15.4 Å². The third kappa shape index (κ3) is 806. The normalized spacial score (nSPS) is 4.71. The standard InChI is InChI=1S/C2H4O2.CS2/c1-2(3)4;2-1-3/h1H3,(H,3,4);. The Bertz CT molecular complexity index is 78.9. The fourth-order valence-electron chi connectivity index (χ4n) is 0. The molecule has 0 fully saturated rings. The van der Waals surface area contributed by atoms with Gasteiger partial charge < -0.3 is 5.11 Å². The minimum Gasteiger partial charge on any atom is -0.481 e. The lowest BCUT2D eigenvalue weighted by molar-refractivity contribution is -0.134. The van der Waals surface area contributed by atoms with Crippen molar-refractivity contribution in [3.8, 4) is 0 Å². The first-order valence-electron chi connectivity index (χ1n) is 1.34. The van der Waals surface area contributed by atoms with Crippen LogP contribution < -0.4 is 0 Å². The van der Waals surface area contributed by atoms with Crippen molar-refractivity contribution in [3.05, 3.63) is 0 Å². The molecule has 0 saturated heterocycles. The lowest BCUT2D eigenvalue weighted by atomic mass is 10.9. The largest absolute Gasteiger partial charge is 0.481 e. The van der Waals surface area contributed by atoms with Crippen LogP contribution in [0, 0.1) is 0 Å². The zero-order valence-electron chi connectivity index (χ0n) is 3.67. The van der Waals surface area contributed by atoms with Crippen molar-refractivity contribution in [2.24, 2.45) is 0 Å². The Morgan fingerprint density at radius 2 is 1.71 bits per heavy atom. The second-order valence-corrected chi connectivity index (χ2v) is 1.27. The smallest absolute Gasteiger partial charge is 0.300 e. The second-order valence-electron chi connectivity index (χ2n) is 0.602. The Morgan fingerprint density at radius 1 is 1.71 bits per heavy atom. The van der Waals surface area contributed by atoms with Crippen LogP contribution in [0.3, 0.4) is 0 Å². The molecular formula is C3H4O2S2. The summed E-state index contributed by atoms with van der Waals surface area (Å²) in [6.07, 6.45) is 0. The van der Waals surface area contributed by atoms with Crippen molar-refractivity contribution in [3.63, 3.8) is 0 Å². The van der Waals surface area contributed by atoms with Crippen molar-refractivity contribution in [2.75, 3.05) is 0 Å². The van der Waals surface area contributed by atoms with E-state index < -0.39 is 5.97 Å². The van der Waals surface area contributed by atoms with Crippen molar-refractivity contribution in [1.29, 1.82) is 0 Å². The average Bonchev–Trinajstić information content (AvgIpc) is 1.33. The van der Waals surface area contributed by atoms with Crippen LogP contribution in [0.25, 0.3) is 0 Å². The molecule has 0 aromatic heterocycles. The molecule has 40 valence electrons. The van der Waals surface area contributed by atoms with Crippen LogP contribution in [0.5, 0.6) is 0 Å². The number of hydrogen-bond donors (Lipinski definition) is 1. The van der Waals surface area contributed by atoms with Gasteiger partial charge in [0.1, 0.15) is 0 Å².